The molecular weight excluding hydrogens is 360 g/mol. The number of aromatic nitrogens is 3. The van der Waals surface area contributed by atoms with Crippen molar-refractivity contribution >= 4 is 22.7 Å². The number of nitrogens with one attached hydrogen (secondary N) is 1. The first-order chi connectivity index (χ1) is 13.7. The Kier molecular flexibility index (Phi) is 6.83. The fraction of sp³-hybridized carbons (Fsp3) is 0.300. The number of aliphatic hydroxyl groups excluding tert-OH is 1. The fourth-order valence-corrected chi connectivity index (χ4v) is 2.73. The molecule has 0 fully saturated rings. The van der Waals surface area contributed by atoms with Crippen LogP contribution < -0.4 is 5.32 Å². The molecule has 0 saturated carbocycles. The van der Waals surface area contributed by atoms with Crippen molar-refractivity contribution in [3.63, 3.8) is 0 Å². The first-order valence-corrected chi connectivity index (χ1v) is 8.91. The molecule has 146 valence electrons. The zero-order chi connectivity index (χ0) is 19.8. The van der Waals surface area contributed by atoms with E-state index in [2.05, 4.69) is 20.3 Å². The average Bonchev–Trinajstić information content (AvgIpc) is 2.73. The number of benzene rings is 1. The number of methoxy groups -OCH3 is 1. The van der Waals surface area contributed by atoms with Crippen LogP contribution in [-0.4, -0.2) is 59.5 Å². The number of carbonyl (C=O) groups is 1. The molecule has 0 bridgehead atoms. The van der Waals surface area contributed by atoms with Crippen LogP contribution >= 0.6 is 0 Å². The Balaban J connectivity index is 1.91. The van der Waals surface area contributed by atoms with Gasteiger partial charge in [-0.3, -0.25) is 4.98 Å². The second kappa shape index (κ2) is 9.72. The molecule has 0 aliphatic rings. The summed E-state index contributed by atoms with van der Waals surface area (Å²) in [6, 6.07) is 9.02. The SMILES string of the molecule is COC(=O)c1ccc2nc(Cc3cccnc3)nc(NCCOCCO)c2c1. The summed E-state index contributed by atoms with van der Waals surface area (Å²) >= 11 is 0. The van der Waals surface area contributed by atoms with Gasteiger partial charge in [-0.15, -0.1) is 0 Å². The summed E-state index contributed by atoms with van der Waals surface area (Å²) in [4.78, 5) is 25.3. The normalized spacial score (nSPS) is 10.8. The lowest BCUT2D eigenvalue weighted by atomic mass is 10.1. The standard InChI is InChI=1S/C20H22N4O4/c1-27-20(26)15-4-5-17-16(12-15)19(22-7-9-28-10-8-25)24-18(23-17)11-14-3-2-6-21-13-14/h2-6,12-13,25H,7-11H2,1H3,(H,22,23,24). The van der Waals surface area contributed by atoms with Crippen molar-refractivity contribution in [1.29, 1.82) is 0 Å². The van der Waals surface area contributed by atoms with Crippen LogP contribution in [0.3, 0.4) is 0 Å². The first-order valence-electron chi connectivity index (χ1n) is 8.91. The maximum atomic E-state index is 11.9. The highest BCUT2D eigenvalue weighted by Gasteiger charge is 2.12. The highest BCUT2D eigenvalue weighted by Crippen LogP contribution is 2.23. The molecule has 0 atom stereocenters. The molecule has 8 heteroatoms. The van der Waals surface area contributed by atoms with Crippen LogP contribution in [0.4, 0.5) is 5.82 Å². The maximum absolute atomic E-state index is 11.9. The van der Waals surface area contributed by atoms with Gasteiger partial charge >= 0.3 is 5.97 Å². The van der Waals surface area contributed by atoms with Gasteiger partial charge in [0.2, 0.25) is 0 Å². The van der Waals surface area contributed by atoms with Crippen LogP contribution in [0.15, 0.2) is 42.7 Å². The van der Waals surface area contributed by atoms with Crippen molar-refractivity contribution in [3.8, 4) is 0 Å². The zero-order valence-corrected chi connectivity index (χ0v) is 15.6. The largest absolute Gasteiger partial charge is 0.465 e. The Hall–Kier alpha value is -3.10. The number of fused-ring (bicyclic) bond motifs is 1. The van der Waals surface area contributed by atoms with Gasteiger partial charge in [0, 0.05) is 30.7 Å². The van der Waals surface area contributed by atoms with Gasteiger partial charge < -0.3 is 19.9 Å². The molecule has 2 aromatic heterocycles. The molecule has 0 aliphatic carbocycles. The van der Waals surface area contributed by atoms with Gasteiger partial charge in [0.05, 0.1) is 38.0 Å². The van der Waals surface area contributed by atoms with E-state index in [4.69, 9.17) is 14.6 Å². The summed E-state index contributed by atoms with van der Waals surface area (Å²) in [7, 11) is 1.34. The summed E-state index contributed by atoms with van der Waals surface area (Å²) in [6.07, 6.45) is 4.04. The van der Waals surface area contributed by atoms with Crippen LogP contribution in [0.5, 0.6) is 0 Å². The van der Waals surface area contributed by atoms with Gasteiger partial charge in [-0.25, -0.2) is 14.8 Å². The van der Waals surface area contributed by atoms with Crippen LogP contribution in [0, 0.1) is 0 Å². The Morgan fingerprint density at radius 2 is 2.11 bits per heavy atom. The van der Waals surface area contributed by atoms with Crippen LogP contribution in [0.1, 0.15) is 21.7 Å². The molecule has 0 saturated heterocycles. The van der Waals surface area contributed by atoms with Crippen molar-refractivity contribution in [3.05, 3.63) is 59.7 Å². The van der Waals surface area contributed by atoms with E-state index in [-0.39, 0.29) is 13.2 Å². The quantitative estimate of drug-likeness (QED) is 0.426. The predicted octanol–water partition coefficient (Wildman–Crippen LogP) is 1.82. The van der Waals surface area contributed by atoms with Crippen molar-refractivity contribution in [1.82, 2.24) is 15.0 Å². The van der Waals surface area contributed by atoms with Crippen molar-refractivity contribution in [2.24, 2.45) is 0 Å². The lowest BCUT2D eigenvalue weighted by Gasteiger charge is -2.12. The fourth-order valence-electron chi connectivity index (χ4n) is 2.73. The van der Waals surface area contributed by atoms with E-state index in [1.54, 1.807) is 30.6 Å². The maximum Gasteiger partial charge on any atom is 0.337 e. The summed E-state index contributed by atoms with van der Waals surface area (Å²) in [5, 5.41) is 12.7. The highest BCUT2D eigenvalue weighted by atomic mass is 16.5. The molecule has 0 aliphatic heterocycles. The molecule has 2 heterocycles. The number of esters is 1. The molecule has 8 nitrogen and oxygen atoms in total. The van der Waals surface area contributed by atoms with E-state index < -0.39 is 5.97 Å². The van der Waals surface area contributed by atoms with Gasteiger partial charge in [-0.2, -0.15) is 0 Å². The molecule has 0 spiro atoms. The summed E-state index contributed by atoms with van der Waals surface area (Å²) in [5.74, 6) is 0.839. The van der Waals surface area contributed by atoms with Gasteiger partial charge in [0.1, 0.15) is 11.6 Å². The number of carbonyl (C=O) groups excluding carboxylic acids is 1. The molecular formula is C20H22N4O4. The average molecular weight is 382 g/mol. The number of pyridine rings is 1. The van der Waals surface area contributed by atoms with E-state index >= 15 is 0 Å². The second-order valence-electron chi connectivity index (χ2n) is 6.01. The Morgan fingerprint density at radius 3 is 2.86 bits per heavy atom. The third kappa shape index (κ3) is 4.99. The summed E-state index contributed by atoms with van der Waals surface area (Å²) in [5.41, 5.74) is 2.16. The summed E-state index contributed by atoms with van der Waals surface area (Å²) < 4.78 is 10.1. The van der Waals surface area contributed by atoms with E-state index in [9.17, 15) is 4.79 Å². The third-order valence-electron chi connectivity index (χ3n) is 4.02. The van der Waals surface area contributed by atoms with E-state index in [1.807, 2.05) is 12.1 Å². The molecule has 0 unspecified atom stereocenters. The minimum absolute atomic E-state index is 0.0197. The lowest BCUT2D eigenvalue weighted by molar-refractivity contribution is 0.0601. The predicted molar refractivity (Wildman–Crippen MR) is 104 cm³/mol. The number of hydrogen-bond acceptors (Lipinski definition) is 8. The number of nitrogens with zero attached hydrogens (tertiary/aromatic N) is 3. The highest BCUT2D eigenvalue weighted by molar-refractivity contribution is 5.97. The second-order valence-corrected chi connectivity index (χ2v) is 6.01. The molecule has 0 amide bonds. The minimum Gasteiger partial charge on any atom is -0.465 e. The topological polar surface area (TPSA) is 106 Å². The van der Waals surface area contributed by atoms with Crippen LogP contribution in [0.2, 0.25) is 0 Å². The van der Waals surface area contributed by atoms with Gasteiger partial charge in [0.25, 0.3) is 0 Å². The van der Waals surface area contributed by atoms with Crippen molar-refractivity contribution < 1.29 is 19.4 Å². The third-order valence-corrected chi connectivity index (χ3v) is 4.02. The Labute approximate surface area is 162 Å². The van der Waals surface area contributed by atoms with Crippen LogP contribution in [0.25, 0.3) is 10.9 Å². The van der Waals surface area contributed by atoms with Crippen molar-refractivity contribution in [2.75, 3.05) is 38.8 Å². The first kappa shape index (κ1) is 19.7. The number of rotatable bonds is 9. The molecule has 28 heavy (non-hydrogen) atoms. The monoisotopic (exact) mass is 382 g/mol. The number of anilines is 1. The Bertz CT molecular complexity index is 934. The number of aliphatic hydroxyl groups is 1. The van der Waals surface area contributed by atoms with Gasteiger partial charge in [-0.05, 0) is 29.8 Å². The zero-order valence-electron chi connectivity index (χ0n) is 15.6. The van der Waals surface area contributed by atoms with E-state index in [1.165, 1.54) is 7.11 Å². The van der Waals surface area contributed by atoms with Gasteiger partial charge in [-0.1, -0.05) is 6.07 Å². The van der Waals surface area contributed by atoms with Gasteiger partial charge in [0.15, 0.2) is 0 Å². The minimum atomic E-state index is -0.418. The number of ether oxygens (including phenoxy) is 2. The molecule has 1 aromatic carbocycles. The van der Waals surface area contributed by atoms with E-state index in [0.717, 1.165) is 16.5 Å². The Morgan fingerprint density at radius 1 is 1.21 bits per heavy atom. The van der Waals surface area contributed by atoms with Crippen LogP contribution in [-0.2, 0) is 15.9 Å². The molecule has 0 radical (unpaired) electrons. The summed E-state index contributed by atoms with van der Waals surface area (Å²) in [6.45, 7) is 1.18. The smallest absolute Gasteiger partial charge is 0.337 e. The van der Waals surface area contributed by atoms with Crippen molar-refractivity contribution in [2.45, 2.75) is 6.42 Å². The van der Waals surface area contributed by atoms with E-state index in [0.29, 0.717) is 36.8 Å². The molecule has 2 N–H and O–H groups in total. The lowest BCUT2D eigenvalue weighted by Crippen LogP contribution is -2.13. The molecule has 3 rings (SSSR count). The number of hydrogen-bond donors (Lipinski definition) is 2. The molecule has 3 aromatic rings.